The number of hydrogen-bond donors (Lipinski definition) is 1. The standard InChI is InChI=1S/C11H23NO2/c1-10(2)12-6-9-13-8-5-11-4-3-7-14-11/h10-12H,3-9H2,1-2H3. The van der Waals surface area contributed by atoms with Gasteiger partial charge in [0.05, 0.1) is 12.7 Å². The largest absolute Gasteiger partial charge is 0.380 e. The van der Waals surface area contributed by atoms with E-state index in [1.165, 1.54) is 12.8 Å². The monoisotopic (exact) mass is 201 g/mol. The summed E-state index contributed by atoms with van der Waals surface area (Å²) in [5.74, 6) is 0. The maximum Gasteiger partial charge on any atom is 0.0597 e. The lowest BCUT2D eigenvalue weighted by molar-refractivity contribution is 0.0598. The van der Waals surface area contributed by atoms with Gasteiger partial charge in [-0.2, -0.15) is 0 Å². The van der Waals surface area contributed by atoms with Crippen LogP contribution in [0, 0.1) is 0 Å². The summed E-state index contributed by atoms with van der Waals surface area (Å²) < 4.78 is 11.0. The first-order valence-electron chi connectivity index (χ1n) is 5.72. The summed E-state index contributed by atoms with van der Waals surface area (Å²) in [4.78, 5) is 0. The minimum absolute atomic E-state index is 0.466. The number of nitrogens with one attached hydrogen (secondary N) is 1. The fraction of sp³-hybridized carbons (Fsp3) is 1.00. The van der Waals surface area contributed by atoms with E-state index >= 15 is 0 Å². The van der Waals surface area contributed by atoms with Gasteiger partial charge in [0.1, 0.15) is 0 Å². The molecule has 0 amide bonds. The smallest absolute Gasteiger partial charge is 0.0597 e. The van der Waals surface area contributed by atoms with E-state index in [0.717, 1.165) is 32.8 Å². The fourth-order valence-corrected chi connectivity index (χ4v) is 1.61. The Morgan fingerprint density at radius 3 is 2.93 bits per heavy atom. The van der Waals surface area contributed by atoms with E-state index in [4.69, 9.17) is 9.47 Å². The van der Waals surface area contributed by atoms with Crippen LogP contribution >= 0.6 is 0 Å². The third-order valence-corrected chi connectivity index (χ3v) is 2.41. The zero-order valence-electron chi connectivity index (χ0n) is 9.42. The highest BCUT2D eigenvalue weighted by molar-refractivity contribution is 4.64. The minimum atomic E-state index is 0.466. The van der Waals surface area contributed by atoms with E-state index in [9.17, 15) is 0 Å². The van der Waals surface area contributed by atoms with Gasteiger partial charge in [-0.15, -0.1) is 0 Å². The Kier molecular flexibility index (Phi) is 6.15. The van der Waals surface area contributed by atoms with E-state index in [-0.39, 0.29) is 0 Å². The van der Waals surface area contributed by atoms with Gasteiger partial charge >= 0.3 is 0 Å². The Balaban J connectivity index is 1.79. The average molecular weight is 201 g/mol. The van der Waals surface area contributed by atoms with Crippen LogP contribution in [0.1, 0.15) is 33.1 Å². The molecular weight excluding hydrogens is 178 g/mol. The van der Waals surface area contributed by atoms with E-state index < -0.39 is 0 Å². The molecule has 1 saturated heterocycles. The third kappa shape index (κ3) is 5.58. The van der Waals surface area contributed by atoms with Gasteiger partial charge in [0, 0.05) is 25.8 Å². The summed E-state index contributed by atoms with van der Waals surface area (Å²) in [6.45, 7) is 7.83. The van der Waals surface area contributed by atoms with Crippen LogP contribution in [0.3, 0.4) is 0 Å². The van der Waals surface area contributed by atoms with Gasteiger partial charge in [-0.3, -0.25) is 0 Å². The van der Waals surface area contributed by atoms with Gasteiger partial charge < -0.3 is 14.8 Å². The van der Waals surface area contributed by atoms with Crippen molar-refractivity contribution in [1.29, 1.82) is 0 Å². The van der Waals surface area contributed by atoms with Gasteiger partial charge in [0.15, 0.2) is 0 Å². The average Bonchev–Trinajstić information content (AvgIpc) is 2.63. The van der Waals surface area contributed by atoms with Crippen LogP contribution in [-0.4, -0.2) is 38.5 Å². The van der Waals surface area contributed by atoms with Crippen molar-refractivity contribution < 1.29 is 9.47 Å². The van der Waals surface area contributed by atoms with Gasteiger partial charge in [-0.05, 0) is 19.3 Å². The van der Waals surface area contributed by atoms with Gasteiger partial charge in [0.2, 0.25) is 0 Å². The van der Waals surface area contributed by atoms with Crippen molar-refractivity contribution in [1.82, 2.24) is 5.32 Å². The molecule has 1 N–H and O–H groups in total. The summed E-state index contributed by atoms with van der Waals surface area (Å²) in [6.07, 6.45) is 3.96. The first kappa shape index (κ1) is 12.0. The lowest BCUT2D eigenvalue weighted by atomic mass is 10.2. The maximum absolute atomic E-state index is 5.50. The summed E-state index contributed by atoms with van der Waals surface area (Å²) in [5.41, 5.74) is 0. The third-order valence-electron chi connectivity index (χ3n) is 2.41. The molecule has 1 heterocycles. The van der Waals surface area contributed by atoms with Crippen molar-refractivity contribution in [2.45, 2.75) is 45.3 Å². The van der Waals surface area contributed by atoms with Gasteiger partial charge in [-0.1, -0.05) is 13.8 Å². The number of ether oxygens (including phenoxy) is 2. The summed E-state index contributed by atoms with van der Waals surface area (Å²) in [5, 5.41) is 3.32. The molecule has 0 radical (unpaired) electrons. The molecule has 1 aliphatic heterocycles. The van der Waals surface area contributed by atoms with E-state index in [1.54, 1.807) is 0 Å². The molecule has 3 heteroatoms. The molecule has 14 heavy (non-hydrogen) atoms. The molecule has 0 aromatic rings. The topological polar surface area (TPSA) is 30.5 Å². The maximum atomic E-state index is 5.50. The van der Waals surface area contributed by atoms with Crippen LogP contribution < -0.4 is 5.32 Å². The number of hydrogen-bond acceptors (Lipinski definition) is 3. The SMILES string of the molecule is CC(C)NCCOCCC1CCCO1. The second kappa shape index (κ2) is 7.21. The zero-order chi connectivity index (χ0) is 10.2. The quantitative estimate of drug-likeness (QED) is 0.634. The van der Waals surface area contributed by atoms with Crippen molar-refractivity contribution in [3.05, 3.63) is 0 Å². The number of rotatable bonds is 7. The molecule has 0 aromatic carbocycles. The Labute approximate surface area is 87.2 Å². The van der Waals surface area contributed by atoms with E-state index in [2.05, 4.69) is 19.2 Å². The highest BCUT2D eigenvalue weighted by Crippen LogP contribution is 2.14. The van der Waals surface area contributed by atoms with Crippen molar-refractivity contribution in [2.24, 2.45) is 0 Å². The predicted octanol–water partition coefficient (Wildman–Crippen LogP) is 1.57. The molecular formula is C11H23NO2. The molecule has 0 spiro atoms. The fourth-order valence-electron chi connectivity index (χ4n) is 1.61. The van der Waals surface area contributed by atoms with E-state index in [1.807, 2.05) is 0 Å². The predicted molar refractivity (Wildman–Crippen MR) is 57.5 cm³/mol. The molecule has 1 aliphatic rings. The molecule has 84 valence electrons. The van der Waals surface area contributed by atoms with Crippen LogP contribution in [0.2, 0.25) is 0 Å². The Morgan fingerprint density at radius 2 is 2.29 bits per heavy atom. The second-order valence-electron chi connectivity index (χ2n) is 4.14. The van der Waals surface area contributed by atoms with Gasteiger partial charge in [-0.25, -0.2) is 0 Å². The normalized spacial score (nSPS) is 22.1. The zero-order valence-corrected chi connectivity index (χ0v) is 9.42. The van der Waals surface area contributed by atoms with Gasteiger partial charge in [0.25, 0.3) is 0 Å². The Bertz CT molecular complexity index is 133. The van der Waals surface area contributed by atoms with Crippen LogP contribution in [-0.2, 0) is 9.47 Å². The lowest BCUT2D eigenvalue weighted by Gasteiger charge is -2.11. The molecule has 1 fully saturated rings. The van der Waals surface area contributed by atoms with Crippen molar-refractivity contribution in [3.63, 3.8) is 0 Å². The first-order valence-corrected chi connectivity index (χ1v) is 5.72. The molecule has 3 nitrogen and oxygen atoms in total. The van der Waals surface area contributed by atoms with Crippen LogP contribution in [0.25, 0.3) is 0 Å². The Morgan fingerprint density at radius 1 is 1.43 bits per heavy atom. The Hall–Kier alpha value is -0.120. The van der Waals surface area contributed by atoms with Crippen LogP contribution in [0.5, 0.6) is 0 Å². The van der Waals surface area contributed by atoms with Crippen molar-refractivity contribution in [2.75, 3.05) is 26.4 Å². The van der Waals surface area contributed by atoms with Crippen molar-refractivity contribution >= 4 is 0 Å². The summed E-state index contributed by atoms with van der Waals surface area (Å²) >= 11 is 0. The molecule has 0 aromatic heterocycles. The molecule has 0 saturated carbocycles. The lowest BCUT2D eigenvalue weighted by Crippen LogP contribution is -2.27. The molecule has 1 unspecified atom stereocenters. The first-order chi connectivity index (χ1) is 6.79. The van der Waals surface area contributed by atoms with Crippen LogP contribution in [0.15, 0.2) is 0 Å². The molecule has 0 aliphatic carbocycles. The highest BCUT2D eigenvalue weighted by atomic mass is 16.5. The molecule has 1 atom stereocenters. The van der Waals surface area contributed by atoms with E-state index in [0.29, 0.717) is 12.1 Å². The second-order valence-corrected chi connectivity index (χ2v) is 4.14. The minimum Gasteiger partial charge on any atom is -0.380 e. The molecule has 1 rings (SSSR count). The summed E-state index contributed by atoms with van der Waals surface area (Å²) in [6, 6.07) is 0.553. The van der Waals surface area contributed by atoms with Crippen LogP contribution in [0.4, 0.5) is 0 Å². The van der Waals surface area contributed by atoms with Crippen molar-refractivity contribution in [3.8, 4) is 0 Å². The molecule has 0 bridgehead atoms. The summed E-state index contributed by atoms with van der Waals surface area (Å²) in [7, 11) is 0. The highest BCUT2D eigenvalue weighted by Gasteiger charge is 2.14.